The average molecular weight is 240 g/mol. The SMILES string of the molecule is Cc1nc(-c2ccc(F)c(Cl)c2)c(N)n1C. The third kappa shape index (κ3) is 1.65. The predicted molar refractivity (Wildman–Crippen MR) is 62.8 cm³/mol. The second-order valence-corrected chi connectivity index (χ2v) is 3.99. The van der Waals surface area contributed by atoms with Crippen LogP contribution in [-0.4, -0.2) is 9.55 Å². The smallest absolute Gasteiger partial charge is 0.141 e. The fourth-order valence-electron chi connectivity index (χ4n) is 1.48. The van der Waals surface area contributed by atoms with Crippen LogP contribution in [0, 0.1) is 12.7 Å². The molecule has 2 rings (SSSR count). The van der Waals surface area contributed by atoms with Gasteiger partial charge < -0.3 is 10.3 Å². The lowest BCUT2D eigenvalue weighted by Gasteiger charge is -2.01. The first kappa shape index (κ1) is 11.0. The van der Waals surface area contributed by atoms with E-state index < -0.39 is 5.82 Å². The maximum absolute atomic E-state index is 13.0. The van der Waals surface area contributed by atoms with Crippen LogP contribution in [0.3, 0.4) is 0 Å². The van der Waals surface area contributed by atoms with Crippen molar-refractivity contribution in [2.24, 2.45) is 7.05 Å². The molecule has 0 atom stereocenters. The van der Waals surface area contributed by atoms with Crippen LogP contribution in [0.5, 0.6) is 0 Å². The molecule has 1 heterocycles. The Balaban J connectivity index is 2.59. The molecule has 0 aliphatic heterocycles. The third-order valence-corrected chi connectivity index (χ3v) is 2.85. The van der Waals surface area contributed by atoms with Gasteiger partial charge in [0.05, 0.1) is 5.02 Å². The molecule has 0 bridgehead atoms. The zero-order chi connectivity index (χ0) is 11.9. The molecule has 16 heavy (non-hydrogen) atoms. The molecule has 0 unspecified atom stereocenters. The summed E-state index contributed by atoms with van der Waals surface area (Å²) in [6.45, 7) is 1.85. The van der Waals surface area contributed by atoms with Gasteiger partial charge in [0.2, 0.25) is 0 Å². The number of aryl methyl sites for hydroxylation is 1. The summed E-state index contributed by atoms with van der Waals surface area (Å²) in [6.07, 6.45) is 0. The Morgan fingerprint density at radius 3 is 2.62 bits per heavy atom. The van der Waals surface area contributed by atoms with Gasteiger partial charge in [-0.15, -0.1) is 0 Å². The molecule has 5 heteroatoms. The van der Waals surface area contributed by atoms with E-state index in [4.69, 9.17) is 17.3 Å². The van der Waals surface area contributed by atoms with Crippen molar-refractivity contribution in [1.82, 2.24) is 9.55 Å². The number of nitrogens with two attached hydrogens (primary N) is 1. The molecule has 0 spiro atoms. The molecule has 0 radical (unpaired) electrons. The van der Waals surface area contributed by atoms with Gasteiger partial charge in [-0.1, -0.05) is 11.6 Å². The van der Waals surface area contributed by atoms with Crippen molar-refractivity contribution in [1.29, 1.82) is 0 Å². The zero-order valence-corrected chi connectivity index (χ0v) is 9.72. The molecule has 1 aromatic heterocycles. The Bertz CT molecular complexity index is 548. The maximum atomic E-state index is 13.0. The van der Waals surface area contributed by atoms with Gasteiger partial charge in [-0.25, -0.2) is 9.37 Å². The lowest BCUT2D eigenvalue weighted by molar-refractivity contribution is 0.628. The minimum atomic E-state index is -0.448. The number of benzene rings is 1. The van der Waals surface area contributed by atoms with Crippen LogP contribution in [0.2, 0.25) is 5.02 Å². The van der Waals surface area contributed by atoms with Crippen molar-refractivity contribution in [3.05, 3.63) is 34.9 Å². The average Bonchev–Trinajstić information content (AvgIpc) is 2.50. The molecular weight excluding hydrogens is 229 g/mol. The maximum Gasteiger partial charge on any atom is 0.141 e. The monoisotopic (exact) mass is 239 g/mol. The number of hydrogen-bond acceptors (Lipinski definition) is 2. The van der Waals surface area contributed by atoms with Crippen LogP contribution in [0.4, 0.5) is 10.2 Å². The second-order valence-electron chi connectivity index (χ2n) is 3.58. The lowest BCUT2D eigenvalue weighted by atomic mass is 10.1. The van der Waals surface area contributed by atoms with Crippen LogP contribution in [0.15, 0.2) is 18.2 Å². The minimum absolute atomic E-state index is 0.0696. The van der Waals surface area contributed by atoms with Crippen molar-refractivity contribution in [2.75, 3.05) is 5.73 Å². The van der Waals surface area contributed by atoms with E-state index in [9.17, 15) is 4.39 Å². The molecule has 1 aromatic carbocycles. The lowest BCUT2D eigenvalue weighted by Crippen LogP contribution is -1.98. The second kappa shape index (κ2) is 3.79. The van der Waals surface area contributed by atoms with E-state index in [-0.39, 0.29) is 5.02 Å². The van der Waals surface area contributed by atoms with Gasteiger partial charge in [0.1, 0.15) is 23.2 Å². The summed E-state index contributed by atoms with van der Waals surface area (Å²) in [5, 5.41) is 0.0696. The van der Waals surface area contributed by atoms with Gasteiger partial charge in [0.15, 0.2) is 0 Å². The molecule has 0 fully saturated rings. The van der Waals surface area contributed by atoms with Gasteiger partial charge in [-0.3, -0.25) is 0 Å². The largest absolute Gasteiger partial charge is 0.383 e. The third-order valence-electron chi connectivity index (χ3n) is 2.56. The van der Waals surface area contributed by atoms with Crippen molar-refractivity contribution < 1.29 is 4.39 Å². The highest BCUT2D eigenvalue weighted by Crippen LogP contribution is 2.28. The fraction of sp³-hybridized carbons (Fsp3) is 0.182. The van der Waals surface area contributed by atoms with Gasteiger partial charge in [-0.2, -0.15) is 0 Å². The standard InChI is InChI=1S/C11H11ClFN3/c1-6-15-10(11(14)16(6)2)7-3-4-9(13)8(12)5-7/h3-5H,14H2,1-2H3. The molecule has 0 saturated carbocycles. The van der Waals surface area contributed by atoms with Gasteiger partial charge >= 0.3 is 0 Å². The summed E-state index contributed by atoms with van der Waals surface area (Å²) < 4.78 is 14.8. The molecular formula is C11H11ClFN3. The summed E-state index contributed by atoms with van der Waals surface area (Å²) >= 11 is 5.71. The Hall–Kier alpha value is -1.55. The first-order valence-electron chi connectivity index (χ1n) is 4.75. The van der Waals surface area contributed by atoms with Crippen LogP contribution >= 0.6 is 11.6 Å². The number of halogens is 2. The molecule has 0 amide bonds. The highest BCUT2D eigenvalue weighted by Gasteiger charge is 2.12. The molecule has 3 nitrogen and oxygen atoms in total. The highest BCUT2D eigenvalue weighted by molar-refractivity contribution is 6.31. The van der Waals surface area contributed by atoms with Crippen LogP contribution in [0.1, 0.15) is 5.82 Å². The van der Waals surface area contributed by atoms with Gasteiger partial charge in [0.25, 0.3) is 0 Å². The Morgan fingerprint density at radius 1 is 1.44 bits per heavy atom. The van der Waals surface area contributed by atoms with E-state index in [2.05, 4.69) is 4.98 Å². The van der Waals surface area contributed by atoms with Crippen LogP contribution in [0.25, 0.3) is 11.3 Å². The number of anilines is 1. The minimum Gasteiger partial charge on any atom is -0.383 e. The van der Waals surface area contributed by atoms with Crippen molar-refractivity contribution in [3.8, 4) is 11.3 Å². The number of hydrogen-bond donors (Lipinski definition) is 1. The number of aromatic nitrogens is 2. The quantitative estimate of drug-likeness (QED) is 0.832. The molecule has 0 aliphatic carbocycles. The van der Waals surface area contributed by atoms with Crippen LogP contribution < -0.4 is 5.73 Å². The molecule has 2 aromatic rings. The number of imidazole rings is 1. The topological polar surface area (TPSA) is 43.8 Å². The first-order valence-corrected chi connectivity index (χ1v) is 5.12. The Morgan fingerprint density at radius 2 is 2.12 bits per heavy atom. The molecule has 2 N–H and O–H groups in total. The fourth-order valence-corrected chi connectivity index (χ4v) is 1.66. The normalized spacial score (nSPS) is 10.8. The van der Waals surface area contributed by atoms with Crippen LogP contribution in [-0.2, 0) is 7.05 Å². The molecule has 84 valence electrons. The van der Waals surface area contributed by atoms with Crippen molar-refractivity contribution in [3.63, 3.8) is 0 Å². The summed E-state index contributed by atoms with van der Waals surface area (Å²) in [6, 6.07) is 4.44. The van der Waals surface area contributed by atoms with E-state index in [1.807, 2.05) is 14.0 Å². The summed E-state index contributed by atoms with van der Waals surface area (Å²) in [5.74, 6) is 0.893. The Kier molecular flexibility index (Phi) is 2.59. The molecule has 0 saturated heterocycles. The number of nitrogen functional groups attached to an aromatic ring is 1. The van der Waals surface area contributed by atoms with Crippen molar-refractivity contribution >= 4 is 17.4 Å². The van der Waals surface area contributed by atoms with Gasteiger partial charge in [0, 0.05) is 12.6 Å². The van der Waals surface area contributed by atoms with Crippen molar-refractivity contribution in [2.45, 2.75) is 6.92 Å². The van der Waals surface area contributed by atoms with E-state index >= 15 is 0 Å². The zero-order valence-electron chi connectivity index (χ0n) is 8.96. The molecule has 0 aliphatic rings. The summed E-state index contributed by atoms with van der Waals surface area (Å²) in [5.41, 5.74) is 7.23. The Labute approximate surface area is 97.7 Å². The number of rotatable bonds is 1. The first-order chi connectivity index (χ1) is 7.50. The summed E-state index contributed by atoms with van der Waals surface area (Å²) in [7, 11) is 1.83. The van der Waals surface area contributed by atoms with E-state index in [1.54, 1.807) is 10.6 Å². The predicted octanol–water partition coefficient (Wildman–Crippen LogP) is 2.77. The highest BCUT2D eigenvalue weighted by atomic mass is 35.5. The number of nitrogens with zero attached hydrogens (tertiary/aromatic N) is 2. The van der Waals surface area contributed by atoms with Gasteiger partial charge in [-0.05, 0) is 25.1 Å². The van der Waals surface area contributed by atoms with E-state index in [1.165, 1.54) is 12.1 Å². The van der Waals surface area contributed by atoms with E-state index in [0.29, 0.717) is 17.1 Å². The van der Waals surface area contributed by atoms with E-state index in [0.717, 1.165) is 5.82 Å². The summed E-state index contributed by atoms with van der Waals surface area (Å²) in [4.78, 5) is 4.31.